The maximum atomic E-state index is 10.5. The molecule has 28 nitrogen and oxygen atoms in total. The van der Waals surface area contributed by atoms with Crippen LogP contribution >= 0.6 is 63.7 Å². The van der Waals surface area contributed by atoms with E-state index in [9.17, 15) is 4.79 Å². The number of ether oxygens (including phenoxy) is 5. The van der Waals surface area contributed by atoms with Gasteiger partial charge in [0.15, 0.2) is 16.0 Å². The minimum Gasteiger partial charge on any atom is -0.500 e. The second kappa shape index (κ2) is 33.3. The Morgan fingerprint density at radius 3 is 1.37 bits per heavy atom. The highest BCUT2D eigenvalue weighted by Gasteiger charge is 2.52. The van der Waals surface area contributed by atoms with Gasteiger partial charge in [-0.3, -0.25) is 32.6 Å². The Morgan fingerprint density at radius 2 is 0.915 bits per heavy atom. The molecule has 0 radical (unpaired) electrons. The number of pyridine rings is 5. The summed E-state index contributed by atoms with van der Waals surface area (Å²) >= 11 is 13.7. The van der Waals surface area contributed by atoms with Crippen LogP contribution in [-0.2, 0) is 55.9 Å². The van der Waals surface area contributed by atoms with Crippen molar-refractivity contribution in [2.75, 3.05) is 0 Å². The van der Waals surface area contributed by atoms with E-state index in [0.29, 0.717) is 70.2 Å². The lowest BCUT2D eigenvalue weighted by atomic mass is 9.85. The fourth-order valence-electron chi connectivity index (χ4n) is 10.5. The molecule has 6 fully saturated rings. The number of nitrogens with zero attached hydrogens (tertiary/aromatic N) is 19. The van der Waals surface area contributed by atoms with E-state index in [0.717, 1.165) is 146 Å². The van der Waals surface area contributed by atoms with Crippen LogP contribution in [0.4, 0.5) is 17.5 Å². The van der Waals surface area contributed by atoms with Gasteiger partial charge in [-0.15, -0.1) is 15.0 Å². The third-order valence-electron chi connectivity index (χ3n) is 17.6. The van der Waals surface area contributed by atoms with E-state index >= 15 is 0 Å². The van der Waals surface area contributed by atoms with Gasteiger partial charge in [0, 0.05) is 47.6 Å². The number of aromatic nitrogens is 16. The first kappa shape index (κ1) is 75.9. The second-order valence-corrected chi connectivity index (χ2v) is 29.9. The van der Waals surface area contributed by atoms with Crippen molar-refractivity contribution >= 4 is 106 Å². The molecule has 6 aliphatic rings. The van der Waals surface area contributed by atoms with E-state index in [4.69, 9.17) is 52.7 Å². The monoisotopic (exact) mass is 1690 g/mol. The Labute approximate surface area is 646 Å². The lowest BCUT2D eigenvalue weighted by molar-refractivity contribution is -0.109. The number of imidazole rings is 1. The van der Waals surface area contributed by atoms with Crippen molar-refractivity contribution in [1.82, 2.24) is 83.5 Å². The van der Waals surface area contributed by atoms with Gasteiger partial charge in [0.25, 0.3) is 0 Å². The van der Waals surface area contributed by atoms with Gasteiger partial charge in [-0.2, -0.15) is 25.5 Å². The van der Waals surface area contributed by atoms with Gasteiger partial charge in [-0.05, 0) is 228 Å². The van der Waals surface area contributed by atoms with Crippen LogP contribution in [0.2, 0.25) is 0 Å². The predicted octanol–water partition coefficient (Wildman–Crippen LogP) is 14.6. The molecule has 1 N–H and O–H groups in total. The summed E-state index contributed by atoms with van der Waals surface area (Å²) in [5.74, 6) is 4.33. The number of hydrogen-bond acceptors (Lipinski definition) is 18. The minimum atomic E-state index is -0.317. The van der Waals surface area contributed by atoms with E-state index in [1.165, 1.54) is 0 Å². The Kier molecular flexibility index (Phi) is 23.8. The molecule has 11 aromatic heterocycles. The zero-order valence-corrected chi connectivity index (χ0v) is 65.9. The third-order valence-corrected chi connectivity index (χ3v) is 19.7. The SMILES string of the molecule is Cn1ncc(Br)c1-c1ccc(OC2CC2)c(CNC=O)n1.Cn1ncc(Br)c1-c1ccc(OC2CC2)c2cncn12.Cn1nccc1B1OC(C)(C)C(C)(C)O1.[C-]#[N+]c1nc(-c2c(Br)cnn2C)ccc1OC1CC1.[C-]#[N+]c1nc(-c2ccnn2C)ccc1OC1CC1.[C-]#[N+]c1nc(Br)ccc1OC1CC1. The summed E-state index contributed by atoms with van der Waals surface area (Å²) in [5.41, 5.74) is 9.00. The number of nitrogens with one attached hydrogen (secondary N) is 1. The van der Waals surface area contributed by atoms with Gasteiger partial charge in [0.2, 0.25) is 6.41 Å². The van der Waals surface area contributed by atoms with Crippen LogP contribution in [0, 0.1) is 19.7 Å². The predicted molar refractivity (Wildman–Crippen MR) is 411 cm³/mol. The molecule has 546 valence electrons. The van der Waals surface area contributed by atoms with Crippen LogP contribution < -0.4 is 34.6 Å². The van der Waals surface area contributed by atoms with Crippen molar-refractivity contribution in [2.45, 2.75) is 140 Å². The lowest BCUT2D eigenvalue weighted by Gasteiger charge is -2.32. The van der Waals surface area contributed by atoms with E-state index in [1.807, 2.05) is 145 Å². The molecule has 1 aliphatic heterocycles. The number of hydrogen-bond donors (Lipinski definition) is 1. The fourth-order valence-corrected chi connectivity index (χ4v) is 12.4. The molecular formula is C73H75BBr4N20O8. The van der Waals surface area contributed by atoms with Gasteiger partial charge in [-0.1, -0.05) is 19.7 Å². The Balaban J connectivity index is 0.000000120. The van der Waals surface area contributed by atoms with Crippen LogP contribution in [0.5, 0.6) is 28.7 Å². The molecule has 0 atom stereocenters. The molecule has 0 aromatic carbocycles. The highest BCUT2D eigenvalue weighted by molar-refractivity contribution is 9.11. The van der Waals surface area contributed by atoms with Crippen molar-refractivity contribution in [1.29, 1.82) is 0 Å². The number of fused-ring (bicyclic) bond motifs is 1. The molecule has 1 saturated heterocycles. The standard InChI is InChI=1S/C14H15BrN4O2.C14H13BrN4O.C13H11BrN4O.C13H12N4O.C10H17BN2O2.C9H7BrN2O/c1-19-14(10(15)6-17-19)11-4-5-13(21-9-2-3-9)12(18-11)7-16-8-20;1-18-14(10(15)6-17-18)11-4-5-13(20-9-2-3-9)12-7-16-8-19(11)12;1-15-13-11(19-8-3-4-8)6-5-10(17-13)12-9(14)7-16-18(12)2;1-14-13-12(18-9-3-4-9)6-5-10(16-13)11-7-8-15-17(11)2;1-9(2)10(3,4)15-11(14-9)8-6-7-12-13(8)5;1-11-9-7(13-6-2-3-6)4-5-8(10)12-9/h4-6,8-9H,2-3,7H2,1H3,(H,16,20);4-9H,2-3H2,1H3;5-8H,3-4H2,2H3;5-9H,3-4H2,2H3;6-7H,1-5H3;4-6H,2-3H2. The van der Waals surface area contributed by atoms with Crippen molar-refractivity contribution in [3.8, 4) is 74.3 Å². The summed E-state index contributed by atoms with van der Waals surface area (Å²) in [7, 11) is 9.05. The average molecular weight is 1690 g/mol. The van der Waals surface area contributed by atoms with Gasteiger partial charge in [-0.25, -0.2) is 9.97 Å². The van der Waals surface area contributed by atoms with Crippen molar-refractivity contribution in [3.05, 3.63) is 174 Å². The van der Waals surface area contributed by atoms with Crippen LogP contribution in [0.25, 0.3) is 65.6 Å². The summed E-state index contributed by atoms with van der Waals surface area (Å²) in [6, 6.07) is 22.6. The van der Waals surface area contributed by atoms with Crippen LogP contribution in [-0.4, -0.2) is 133 Å². The number of halogens is 4. The van der Waals surface area contributed by atoms with E-state index in [-0.39, 0.29) is 36.6 Å². The smallest absolute Gasteiger partial charge is 0.500 e. The van der Waals surface area contributed by atoms with Gasteiger partial charge in [0.1, 0.15) is 57.0 Å². The molecule has 5 saturated carbocycles. The Morgan fingerprint density at radius 1 is 0.491 bits per heavy atom. The first-order valence-electron chi connectivity index (χ1n) is 34.1. The lowest BCUT2D eigenvalue weighted by Crippen LogP contribution is -2.41. The average Bonchev–Trinajstić information content (AvgIpc) is 1.61. The van der Waals surface area contributed by atoms with Crippen molar-refractivity contribution < 1.29 is 37.8 Å². The number of amides is 1. The summed E-state index contributed by atoms with van der Waals surface area (Å²) < 4.78 is 54.7. The first-order chi connectivity index (χ1) is 51.0. The molecule has 0 bridgehead atoms. The molecular weight excluding hydrogens is 1620 g/mol. The fraction of sp³-hybridized carbons (Fsp3) is 0.370. The first-order valence-corrected chi connectivity index (χ1v) is 37.3. The maximum Gasteiger partial charge on any atom is 0.514 e. The highest BCUT2D eigenvalue weighted by Crippen LogP contribution is 2.41. The van der Waals surface area contributed by atoms with Gasteiger partial charge >= 0.3 is 24.6 Å². The van der Waals surface area contributed by atoms with Gasteiger partial charge < -0.3 is 52.8 Å². The van der Waals surface area contributed by atoms with E-state index in [1.54, 1.807) is 61.8 Å². The van der Waals surface area contributed by atoms with Crippen LogP contribution in [0.1, 0.15) is 97.6 Å². The molecule has 5 aliphatic carbocycles. The molecule has 106 heavy (non-hydrogen) atoms. The number of carbonyl (C=O) groups is 1. The van der Waals surface area contributed by atoms with Gasteiger partial charge in [0.05, 0.1) is 115 Å². The molecule has 12 heterocycles. The van der Waals surface area contributed by atoms with Crippen LogP contribution in [0.15, 0.2) is 134 Å². The summed E-state index contributed by atoms with van der Waals surface area (Å²) in [6.07, 6.45) is 25.4. The highest BCUT2D eigenvalue weighted by atomic mass is 79.9. The number of aryl methyl sites for hydroxylation is 5. The third kappa shape index (κ3) is 18.9. The Bertz CT molecular complexity index is 5010. The normalized spacial score (nSPS) is 15.7. The second-order valence-electron chi connectivity index (χ2n) is 26.5. The summed E-state index contributed by atoms with van der Waals surface area (Å²) in [5, 5.41) is 23.5. The zero-order valence-electron chi connectivity index (χ0n) is 59.6. The quantitative estimate of drug-likeness (QED) is 0.0362. The molecule has 1 amide bonds. The topological polar surface area (TPSA) is 265 Å². The minimum absolute atomic E-state index is 0.261. The molecule has 33 heteroatoms. The maximum absolute atomic E-state index is 10.5. The number of carbonyl (C=O) groups excluding carboxylic acids is 1. The summed E-state index contributed by atoms with van der Waals surface area (Å²) in [6.45, 7) is 29.8. The molecule has 0 unspecified atom stereocenters. The van der Waals surface area contributed by atoms with Crippen LogP contribution in [0.3, 0.4) is 0 Å². The summed E-state index contributed by atoms with van der Waals surface area (Å²) in [4.78, 5) is 42.3. The zero-order chi connectivity index (χ0) is 75.0. The largest absolute Gasteiger partial charge is 0.514 e. The van der Waals surface area contributed by atoms with Crippen molar-refractivity contribution in [3.63, 3.8) is 0 Å². The van der Waals surface area contributed by atoms with E-state index in [2.05, 4.69) is 134 Å². The number of rotatable bonds is 18. The Hall–Kier alpha value is -9.82. The molecule has 0 spiro atoms. The molecule has 11 aromatic rings. The van der Waals surface area contributed by atoms with E-state index < -0.39 is 0 Å². The molecule has 17 rings (SSSR count). The van der Waals surface area contributed by atoms with Crippen molar-refractivity contribution in [2.24, 2.45) is 35.2 Å².